The summed E-state index contributed by atoms with van der Waals surface area (Å²) >= 11 is 11.9. The number of halogens is 2. The molecule has 0 amide bonds. The molecule has 2 heterocycles. The van der Waals surface area contributed by atoms with Gasteiger partial charge in [0.25, 0.3) is 0 Å². The maximum absolute atomic E-state index is 5.95. The van der Waals surface area contributed by atoms with Gasteiger partial charge in [0.05, 0.1) is 13.2 Å². The van der Waals surface area contributed by atoms with Crippen LogP contribution in [-0.4, -0.2) is 13.2 Å². The summed E-state index contributed by atoms with van der Waals surface area (Å²) in [5.41, 5.74) is 5.17. The lowest BCUT2D eigenvalue weighted by atomic mass is 9.90. The fourth-order valence-electron chi connectivity index (χ4n) is 4.57. The Balaban J connectivity index is 0.000000142. The summed E-state index contributed by atoms with van der Waals surface area (Å²) in [6, 6.07) is 32.8. The highest BCUT2D eigenvalue weighted by molar-refractivity contribution is 6.31. The van der Waals surface area contributed by atoms with Crippen molar-refractivity contribution in [2.75, 3.05) is 13.2 Å². The molecule has 0 aliphatic carbocycles. The van der Waals surface area contributed by atoms with Gasteiger partial charge in [-0.25, -0.2) is 0 Å². The molecule has 0 saturated carbocycles. The zero-order valence-electron chi connectivity index (χ0n) is 18.8. The summed E-state index contributed by atoms with van der Waals surface area (Å²) in [4.78, 5) is 0. The van der Waals surface area contributed by atoms with Crippen molar-refractivity contribution < 1.29 is 9.47 Å². The van der Waals surface area contributed by atoms with Crippen LogP contribution in [0.15, 0.2) is 97.1 Å². The van der Waals surface area contributed by atoms with Gasteiger partial charge in [-0.1, -0.05) is 96.0 Å². The molecule has 2 aliphatic heterocycles. The fourth-order valence-corrected chi connectivity index (χ4v) is 4.90. The minimum absolute atomic E-state index is 0.449. The molecule has 6 rings (SSSR count). The smallest absolute Gasteiger partial charge is 0.124 e. The van der Waals surface area contributed by atoms with E-state index in [0.717, 1.165) is 47.6 Å². The van der Waals surface area contributed by atoms with Crippen LogP contribution in [0.5, 0.6) is 11.5 Å². The minimum atomic E-state index is 0.449. The molecule has 0 aromatic heterocycles. The van der Waals surface area contributed by atoms with Gasteiger partial charge in [-0.05, 0) is 59.4 Å². The summed E-state index contributed by atoms with van der Waals surface area (Å²) in [6.07, 6.45) is 2.05. The van der Waals surface area contributed by atoms with Gasteiger partial charge < -0.3 is 9.47 Å². The monoisotopic (exact) mass is 488 g/mol. The van der Waals surface area contributed by atoms with Gasteiger partial charge in [0, 0.05) is 21.9 Å². The van der Waals surface area contributed by atoms with Gasteiger partial charge in [-0.3, -0.25) is 0 Å². The third kappa shape index (κ3) is 5.41. The lowest BCUT2D eigenvalue weighted by Gasteiger charge is -2.25. The number of benzene rings is 4. The molecule has 4 aromatic carbocycles. The van der Waals surface area contributed by atoms with E-state index in [1.165, 1.54) is 22.3 Å². The van der Waals surface area contributed by atoms with Crippen molar-refractivity contribution in [2.24, 2.45) is 0 Å². The highest BCUT2D eigenvalue weighted by Gasteiger charge is 2.22. The largest absolute Gasteiger partial charge is 0.493 e. The van der Waals surface area contributed by atoms with Crippen molar-refractivity contribution in [3.05, 3.63) is 129 Å². The fraction of sp³-hybridized carbons (Fsp3) is 0.200. The SMILES string of the molecule is Clc1ccc2c(c1)OC[C@H](c1ccccc1)C2.Clc1ccc2c(c1)OC[C@H](c1ccccc1)C2. The molecule has 4 aromatic rings. The van der Waals surface area contributed by atoms with Crippen molar-refractivity contribution in [2.45, 2.75) is 24.7 Å². The van der Waals surface area contributed by atoms with E-state index >= 15 is 0 Å². The molecular weight excluding hydrogens is 463 g/mol. The Morgan fingerprint density at radius 2 is 0.941 bits per heavy atom. The molecule has 2 nitrogen and oxygen atoms in total. The quantitative estimate of drug-likeness (QED) is 0.283. The highest BCUT2D eigenvalue weighted by Crippen LogP contribution is 2.35. The molecule has 0 spiro atoms. The molecule has 2 aliphatic rings. The second-order valence-electron chi connectivity index (χ2n) is 8.75. The normalized spacial score (nSPS) is 18.3. The summed E-state index contributed by atoms with van der Waals surface area (Å²) in [6.45, 7) is 1.47. The Labute approximate surface area is 211 Å². The van der Waals surface area contributed by atoms with Crippen molar-refractivity contribution in [1.82, 2.24) is 0 Å². The first-order chi connectivity index (χ1) is 16.7. The number of hydrogen-bond acceptors (Lipinski definition) is 2. The van der Waals surface area contributed by atoms with E-state index in [-0.39, 0.29) is 0 Å². The van der Waals surface area contributed by atoms with Gasteiger partial charge in [-0.15, -0.1) is 0 Å². The van der Waals surface area contributed by atoms with E-state index in [1.54, 1.807) is 0 Å². The summed E-state index contributed by atoms with van der Waals surface area (Å²) in [7, 11) is 0. The van der Waals surface area contributed by atoms with Crippen LogP contribution in [0.1, 0.15) is 34.1 Å². The summed E-state index contributed by atoms with van der Waals surface area (Å²) in [5, 5.41) is 1.48. The van der Waals surface area contributed by atoms with Crippen LogP contribution in [0.4, 0.5) is 0 Å². The molecule has 0 radical (unpaired) electrons. The van der Waals surface area contributed by atoms with Crippen molar-refractivity contribution in [3.63, 3.8) is 0 Å². The second kappa shape index (κ2) is 10.5. The molecule has 0 unspecified atom stereocenters. The van der Waals surface area contributed by atoms with Gasteiger partial charge in [0.2, 0.25) is 0 Å². The van der Waals surface area contributed by atoms with Crippen LogP contribution >= 0.6 is 23.2 Å². The van der Waals surface area contributed by atoms with Crippen LogP contribution in [-0.2, 0) is 12.8 Å². The van der Waals surface area contributed by atoms with Crippen LogP contribution in [0.2, 0.25) is 10.0 Å². The lowest BCUT2D eigenvalue weighted by Crippen LogP contribution is -2.19. The standard InChI is InChI=1S/2C15H13ClO/c2*16-14-7-6-12-8-13(10-17-15(12)9-14)11-4-2-1-3-5-11/h2*1-7,9,13H,8,10H2/t2*13-/m11/s1. The highest BCUT2D eigenvalue weighted by atomic mass is 35.5. The zero-order chi connectivity index (χ0) is 23.3. The van der Waals surface area contributed by atoms with Crippen molar-refractivity contribution >= 4 is 23.2 Å². The minimum Gasteiger partial charge on any atom is -0.493 e. The average Bonchev–Trinajstić information content (AvgIpc) is 2.89. The lowest BCUT2D eigenvalue weighted by molar-refractivity contribution is 0.262. The Kier molecular flexibility index (Phi) is 7.08. The predicted octanol–water partition coefficient (Wildman–Crippen LogP) is 8.12. The number of hydrogen-bond donors (Lipinski definition) is 0. The Morgan fingerprint density at radius 3 is 1.35 bits per heavy atom. The predicted molar refractivity (Wildman–Crippen MR) is 140 cm³/mol. The number of rotatable bonds is 2. The van der Waals surface area contributed by atoms with Gasteiger partial charge in [0.15, 0.2) is 0 Å². The number of ether oxygens (including phenoxy) is 2. The second-order valence-corrected chi connectivity index (χ2v) is 9.62. The van der Waals surface area contributed by atoms with Crippen molar-refractivity contribution in [3.8, 4) is 11.5 Å². The number of fused-ring (bicyclic) bond motifs is 2. The first kappa shape index (κ1) is 22.8. The Hall–Kier alpha value is -2.94. The molecule has 34 heavy (non-hydrogen) atoms. The topological polar surface area (TPSA) is 18.5 Å². The van der Waals surface area contributed by atoms with Gasteiger partial charge in [0.1, 0.15) is 11.5 Å². The van der Waals surface area contributed by atoms with Gasteiger partial charge in [-0.2, -0.15) is 0 Å². The van der Waals surface area contributed by atoms with E-state index in [2.05, 4.69) is 60.7 Å². The van der Waals surface area contributed by atoms with E-state index in [0.29, 0.717) is 11.8 Å². The molecule has 0 bridgehead atoms. The van der Waals surface area contributed by atoms with E-state index in [9.17, 15) is 0 Å². The summed E-state index contributed by atoms with van der Waals surface area (Å²) < 4.78 is 11.6. The maximum Gasteiger partial charge on any atom is 0.124 e. The third-order valence-corrected chi connectivity index (χ3v) is 6.88. The molecule has 172 valence electrons. The van der Waals surface area contributed by atoms with E-state index in [4.69, 9.17) is 32.7 Å². The average molecular weight is 489 g/mol. The first-order valence-electron chi connectivity index (χ1n) is 11.6. The van der Waals surface area contributed by atoms with Crippen LogP contribution < -0.4 is 9.47 Å². The summed E-state index contributed by atoms with van der Waals surface area (Å²) in [5.74, 6) is 2.77. The Morgan fingerprint density at radius 1 is 0.529 bits per heavy atom. The van der Waals surface area contributed by atoms with Gasteiger partial charge >= 0.3 is 0 Å². The van der Waals surface area contributed by atoms with E-state index < -0.39 is 0 Å². The molecular formula is C30H26Cl2O2. The third-order valence-electron chi connectivity index (χ3n) is 6.41. The molecule has 2 atom stereocenters. The Bertz CT molecular complexity index is 1140. The van der Waals surface area contributed by atoms with Crippen molar-refractivity contribution in [1.29, 1.82) is 0 Å². The first-order valence-corrected chi connectivity index (χ1v) is 12.3. The molecule has 4 heteroatoms. The van der Waals surface area contributed by atoms with Crippen LogP contribution in [0.3, 0.4) is 0 Å². The molecule has 0 fully saturated rings. The van der Waals surface area contributed by atoms with E-state index in [1.807, 2.05) is 36.4 Å². The van der Waals surface area contributed by atoms with Crippen LogP contribution in [0, 0.1) is 0 Å². The maximum atomic E-state index is 5.95. The molecule has 0 saturated heterocycles. The van der Waals surface area contributed by atoms with Crippen LogP contribution in [0.25, 0.3) is 0 Å². The molecule has 0 N–H and O–H groups in total. The zero-order valence-corrected chi connectivity index (χ0v) is 20.3.